The van der Waals surface area contributed by atoms with Crippen LogP contribution in [0.1, 0.15) is 77.6 Å². The largest absolute Gasteiger partial charge is 0.271 e. The first kappa shape index (κ1) is 23.4. The molecule has 0 aliphatic heterocycles. The second kappa shape index (κ2) is 12.0. The molecular formula is C22H35N3O3S. The molecule has 1 aromatic rings. The Morgan fingerprint density at radius 1 is 0.931 bits per heavy atom. The summed E-state index contributed by atoms with van der Waals surface area (Å²) in [5.74, 6) is -0.419. The lowest BCUT2D eigenvalue weighted by Crippen LogP contribution is -2.46. The maximum Gasteiger partial charge on any atom is 0.263 e. The van der Waals surface area contributed by atoms with Gasteiger partial charge < -0.3 is 0 Å². The number of nitrogens with zero attached hydrogens (tertiary/aromatic N) is 2. The van der Waals surface area contributed by atoms with Gasteiger partial charge in [0.1, 0.15) is 6.04 Å². The van der Waals surface area contributed by atoms with Crippen LogP contribution in [0, 0.1) is 0 Å². The second-order valence-electron chi connectivity index (χ2n) is 7.91. The zero-order valence-electron chi connectivity index (χ0n) is 17.8. The molecule has 1 amide bonds. The van der Waals surface area contributed by atoms with Gasteiger partial charge in [-0.25, -0.2) is 13.8 Å². The smallest absolute Gasteiger partial charge is 0.263 e. The number of hydrogen-bond donors (Lipinski definition) is 1. The molecule has 0 saturated heterocycles. The maximum atomic E-state index is 12.7. The van der Waals surface area contributed by atoms with Crippen LogP contribution in [0.2, 0.25) is 0 Å². The number of benzene rings is 1. The van der Waals surface area contributed by atoms with Crippen LogP contribution in [-0.2, 0) is 14.8 Å². The number of anilines is 1. The number of carbonyl (C=O) groups excluding carboxylic acids is 1. The Hall–Kier alpha value is -1.89. The number of nitrogens with one attached hydrogen (secondary N) is 1. The Bertz CT molecular complexity index is 749. The first-order valence-electron chi connectivity index (χ1n) is 10.8. The highest BCUT2D eigenvalue weighted by atomic mass is 32.2. The minimum Gasteiger partial charge on any atom is -0.271 e. The molecule has 1 aliphatic rings. The molecule has 7 heteroatoms. The van der Waals surface area contributed by atoms with Crippen molar-refractivity contribution in [3.63, 3.8) is 0 Å². The first-order chi connectivity index (χ1) is 13.9. The Morgan fingerprint density at radius 2 is 1.41 bits per heavy atom. The molecule has 1 atom stereocenters. The van der Waals surface area contributed by atoms with Crippen LogP contribution in [-0.4, -0.2) is 32.3 Å². The van der Waals surface area contributed by atoms with E-state index < -0.39 is 22.0 Å². The molecular weight excluding hydrogens is 386 g/mol. The lowest BCUT2D eigenvalue weighted by atomic mass is 10.00. The van der Waals surface area contributed by atoms with Crippen LogP contribution in [0.5, 0.6) is 0 Å². The van der Waals surface area contributed by atoms with Crippen molar-refractivity contribution in [2.24, 2.45) is 5.10 Å². The van der Waals surface area contributed by atoms with Gasteiger partial charge in [-0.1, -0.05) is 63.1 Å². The van der Waals surface area contributed by atoms with E-state index in [1.54, 1.807) is 31.2 Å². The van der Waals surface area contributed by atoms with Crippen molar-refractivity contribution >= 4 is 27.3 Å². The molecule has 0 heterocycles. The molecule has 0 spiro atoms. The Kier molecular flexibility index (Phi) is 9.64. The van der Waals surface area contributed by atoms with Gasteiger partial charge in [0.15, 0.2) is 0 Å². The molecule has 1 fully saturated rings. The number of para-hydroxylation sites is 1. The van der Waals surface area contributed by atoms with Crippen LogP contribution in [0.3, 0.4) is 0 Å². The van der Waals surface area contributed by atoms with Crippen molar-refractivity contribution in [3.05, 3.63) is 30.3 Å². The summed E-state index contributed by atoms with van der Waals surface area (Å²) in [6.45, 7) is 1.59. The third kappa shape index (κ3) is 8.17. The average molecular weight is 422 g/mol. The third-order valence-corrected chi connectivity index (χ3v) is 6.60. The SMILES string of the molecule is C[C@H](C(=O)NN=C1CCCCCCCCCCC1)N(c1ccccc1)S(C)(=O)=O. The van der Waals surface area contributed by atoms with Gasteiger partial charge in [0.2, 0.25) is 10.0 Å². The van der Waals surface area contributed by atoms with Gasteiger partial charge in [0.05, 0.1) is 11.9 Å². The summed E-state index contributed by atoms with van der Waals surface area (Å²) in [6, 6.07) is 7.80. The molecule has 1 aliphatic carbocycles. The molecule has 29 heavy (non-hydrogen) atoms. The molecule has 1 saturated carbocycles. The van der Waals surface area contributed by atoms with Crippen molar-refractivity contribution in [2.75, 3.05) is 10.6 Å². The van der Waals surface area contributed by atoms with Crippen molar-refractivity contribution in [1.82, 2.24) is 5.43 Å². The molecule has 1 aromatic carbocycles. The molecule has 0 bridgehead atoms. The van der Waals surface area contributed by atoms with Crippen LogP contribution in [0.25, 0.3) is 0 Å². The van der Waals surface area contributed by atoms with Crippen molar-refractivity contribution in [2.45, 2.75) is 83.6 Å². The molecule has 0 unspecified atom stereocenters. The van der Waals surface area contributed by atoms with Crippen LogP contribution >= 0.6 is 0 Å². The van der Waals surface area contributed by atoms with Gasteiger partial charge in [-0.05, 0) is 44.7 Å². The van der Waals surface area contributed by atoms with Gasteiger partial charge in [0, 0.05) is 5.71 Å². The molecule has 1 N–H and O–H groups in total. The highest BCUT2D eigenvalue weighted by Crippen LogP contribution is 2.20. The quantitative estimate of drug-likeness (QED) is 0.705. The predicted octanol–water partition coefficient (Wildman–Crippen LogP) is 4.62. The van der Waals surface area contributed by atoms with Gasteiger partial charge in [-0.3, -0.25) is 9.10 Å². The van der Waals surface area contributed by atoms with E-state index in [4.69, 9.17) is 0 Å². The van der Waals surface area contributed by atoms with Gasteiger partial charge in [0.25, 0.3) is 5.91 Å². The fourth-order valence-corrected chi connectivity index (χ4v) is 4.92. The predicted molar refractivity (Wildman–Crippen MR) is 120 cm³/mol. The minimum absolute atomic E-state index is 0.419. The van der Waals surface area contributed by atoms with E-state index in [9.17, 15) is 13.2 Å². The summed E-state index contributed by atoms with van der Waals surface area (Å²) in [5.41, 5.74) is 4.11. The summed E-state index contributed by atoms with van der Waals surface area (Å²) in [7, 11) is -3.61. The van der Waals surface area contributed by atoms with E-state index in [-0.39, 0.29) is 0 Å². The second-order valence-corrected chi connectivity index (χ2v) is 9.77. The standard InChI is InChI=1S/C22H35N3O3S/c1-19(25(29(2,27)28)21-17-13-10-14-18-21)22(26)24-23-20-15-11-8-6-4-3-5-7-9-12-16-20/h10,13-14,17-19H,3-9,11-12,15-16H2,1-2H3,(H,24,26)/t19-/m1/s1. The van der Waals surface area contributed by atoms with E-state index >= 15 is 0 Å². The zero-order valence-corrected chi connectivity index (χ0v) is 18.6. The Balaban J connectivity index is 2.04. The molecule has 0 aromatic heterocycles. The topological polar surface area (TPSA) is 78.8 Å². The van der Waals surface area contributed by atoms with Crippen molar-refractivity contribution in [1.29, 1.82) is 0 Å². The summed E-state index contributed by atoms with van der Waals surface area (Å²) < 4.78 is 25.8. The first-order valence-corrected chi connectivity index (χ1v) is 12.6. The van der Waals surface area contributed by atoms with E-state index in [0.717, 1.165) is 42.0 Å². The summed E-state index contributed by atoms with van der Waals surface area (Å²) in [6.07, 6.45) is 13.9. The average Bonchev–Trinajstić information content (AvgIpc) is 2.67. The summed E-state index contributed by atoms with van der Waals surface area (Å²) >= 11 is 0. The minimum atomic E-state index is -3.61. The number of hydrogen-bond acceptors (Lipinski definition) is 4. The van der Waals surface area contributed by atoms with Crippen molar-refractivity contribution < 1.29 is 13.2 Å². The van der Waals surface area contributed by atoms with Gasteiger partial charge >= 0.3 is 0 Å². The molecule has 2 rings (SSSR count). The normalized spacial score (nSPS) is 18.1. The Labute approximate surface area is 175 Å². The number of hydrazone groups is 1. The number of sulfonamides is 1. The molecule has 162 valence electrons. The van der Waals surface area contributed by atoms with Crippen LogP contribution < -0.4 is 9.73 Å². The third-order valence-electron chi connectivity index (χ3n) is 5.35. The molecule has 6 nitrogen and oxygen atoms in total. The lowest BCUT2D eigenvalue weighted by molar-refractivity contribution is -0.121. The van der Waals surface area contributed by atoms with E-state index in [1.807, 2.05) is 6.07 Å². The van der Waals surface area contributed by atoms with E-state index in [2.05, 4.69) is 10.5 Å². The van der Waals surface area contributed by atoms with Crippen LogP contribution in [0.15, 0.2) is 35.4 Å². The summed E-state index contributed by atoms with van der Waals surface area (Å²) in [5, 5.41) is 4.39. The Morgan fingerprint density at radius 3 is 1.90 bits per heavy atom. The number of rotatable bonds is 5. The fraction of sp³-hybridized carbons (Fsp3) is 0.636. The number of carbonyl (C=O) groups is 1. The van der Waals surface area contributed by atoms with Gasteiger partial charge in [-0.15, -0.1) is 0 Å². The maximum absolute atomic E-state index is 12.7. The number of amides is 1. The monoisotopic (exact) mass is 421 g/mol. The van der Waals surface area contributed by atoms with E-state index in [1.165, 1.54) is 44.9 Å². The summed E-state index contributed by atoms with van der Waals surface area (Å²) in [4.78, 5) is 12.7. The fourth-order valence-electron chi connectivity index (χ4n) is 3.74. The highest BCUT2D eigenvalue weighted by molar-refractivity contribution is 7.92. The van der Waals surface area contributed by atoms with Crippen molar-refractivity contribution in [3.8, 4) is 0 Å². The van der Waals surface area contributed by atoms with Gasteiger partial charge in [-0.2, -0.15) is 5.10 Å². The lowest BCUT2D eigenvalue weighted by Gasteiger charge is -2.27. The molecule has 0 radical (unpaired) electrons. The van der Waals surface area contributed by atoms with E-state index in [0.29, 0.717) is 5.69 Å². The highest BCUT2D eigenvalue weighted by Gasteiger charge is 2.29. The zero-order chi connectivity index (χ0) is 21.1. The van der Waals surface area contributed by atoms with Crippen LogP contribution in [0.4, 0.5) is 5.69 Å².